The molecule has 0 atom stereocenters. The molecule has 6 heteroatoms. The van der Waals surface area contributed by atoms with Gasteiger partial charge in [0.15, 0.2) is 0 Å². The molecular formula is C18H41NO3S2. The van der Waals surface area contributed by atoms with Crippen molar-refractivity contribution in [2.24, 2.45) is 0 Å². The van der Waals surface area contributed by atoms with E-state index in [1.165, 1.54) is 32.4 Å². The molecule has 0 aromatic rings. The number of ether oxygens (including phenoxy) is 1. The predicted molar refractivity (Wildman–Crippen MR) is 113 cm³/mol. The van der Waals surface area contributed by atoms with Gasteiger partial charge in [-0.15, -0.1) is 0 Å². The van der Waals surface area contributed by atoms with Crippen molar-refractivity contribution in [3.8, 4) is 0 Å². The fourth-order valence-electron chi connectivity index (χ4n) is 0.972. The van der Waals surface area contributed by atoms with Crippen LogP contribution in [0.1, 0.15) is 67.7 Å². The largest absolute Gasteiger partial charge is 0.468 e. The number of hydrogen-bond donors (Lipinski definition) is 0. The molecule has 0 aliphatic heterocycles. The molecule has 0 radical (unpaired) electrons. The summed E-state index contributed by atoms with van der Waals surface area (Å²) in [6.45, 7) is 16.6. The molecule has 0 saturated heterocycles. The molecule has 0 heterocycles. The van der Waals surface area contributed by atoms with Gasteiger partial charge in [-0.2, -0.15) is 0 Å². The maximum atomic E-state index is 9.88. The second-order valence-electron chi connectivity index (χ2n) is 4.88. The third-order valence-electron chi connectivity index (χ3n) is 1.80. The van der Waals surface area contributed by atoms with Crippen molar-refractivity contribution in [3.63, 3.8) is 0 Å². The monoisotopic (exact) mass is 383 g/mol. The number of Topliss-reactive ketones (excluding diaryl/α,β-unsaturated/α-hetero) is 1. The van der Waals surface area contributed by atoms with E-state index in [2.05, 4.69) is 37.5 Å². The van der Waals surface area contributed by atoms with E-state index in [4.69, 9.17) is 0 Å². The van der Waals surface area contributed by atoms with Crippen molar-refractivity contribution in [3.05, 3.63) is 0 Å². The van der Waals surface area contributed by atoms with Crippen LogP contribution in [0, 0.1) is 0 Å². The second kappa shape index (κ2) is 34.2. The van der Waals surface area contributed by atoms with Crippen LogP contribution in [0.3, 0.4) is 0 Å². The van der Waals surface area contributed by atoms with Crippen LogP contribution in [0.2, 0.25) is 0 Å². The van der Waals surface area contributed by atoms with Crippen molar-refractivity contribution in [1.82, 2.24) is 4.90 Å². The molecule has 0 unspecified atom stereocenters. The molecule has 24 heavy (non-hydrogen) atoms. The number of rotatable bonds is 11. The molecule has 0 amide bonds. The lowest BCUT2D eigenvalue weighted by Gasteiger charge is -2.15. The summed E-state index contributed by atoms with van der Waals surface area (Å²) in [6, 6.07) is 0. The van der Waals surface area contributed by atoms with Crippen LogP contribution in [0.25, 0.3) is 0 Å². The fraction of sp³-hybridized carbons (Fsp3) is 0.889. The van der Waals surface area contributed by atoms with Crippen molar-refractivity contribution in [2.45, 2.75) is 67.7 Å². The van der Waals surface area contributed by atoms with Gasteiger partial charge in [0, 0.05) is 24.6 Å². The van der Waals surface area contributed by atoms with E-state index < -0.39 is 0 Å². The zero-order valence-corrected chi connectivity index (χ0v) is 18.9. The Hall–Kier alpha value is -0.200. The van der Waals surface area contributed by atoms with Gasteiger partial charge >= 0.3 is 0 Å². The number of ketones is 1. The molecule has 0 aromatic carbocycles. The summed E-state index contributed by atoms with van der Waals surface area (Å²) in [4.78, 5) is 21.6. The van der Waals surface area contributed by atoms with Gasteiger partial charge in [0.2, 0.25) is 0 Å². The van der Waals surface area contributed by atoms with Crippen LogP contribution in [-0.4, -0.2) is 55.4 Å². The summed E-state index contributed by atoms with van der Waals surface area (Å²) in [5.41, 5.74) is 0. The SMILES string of the molecule is CC.CC(C)=O.CCC.CCCSSCCN(C)CCCOC=O. The molecule has 0 aromatic heterocycles. The molecule has 4 nitrogen and oxygen atoms in total. The Morgan fingerprint density at radius 1 is 1.04 bits per heavy atom. The van der Waals surface area contributed by atoms with Crippen molar-refractivity contribution in [1.29, 1.82) is 0 Å². The highest BCUT2D eigenvalue weighted by Crippen LogP contribution is 2.21. The first-order valence-electron chi connectivity index (χ1n) is 8.91. The minimum atomic E-state index is 0.167. The van der Waals surface area contributed by atoms with Crippen LogP contribution in [-0.2, 0) is 14.3 Å². The molecule has 0 aliphatic rings. The summed E-state index contributed by atoms with van der Waals surface area (Å²) >= 11 is 0. The lowest BCUT2D eigenvalue weighted by Crippen LogP contribution is -2.23. The Labute approximate surface area is 159 Å². The van der Waals surface area contributed by atoms with Crippen molar-refractivity contribution < 1.29 is 14.3 Å². The summed E-state index contributed by atoms with van der Waals surface area (Å²) in [5.74, 6) is 2.57. The molecule has 0 rings (SSSR count). The average Bonchev–Trinajstić information content (AvgIpc) is 2.53. The maximum absolute atomic E-state index is 9.88. The molecule has 0 aliphatic carbocycles. The first-order valence-corrected chi connectivity index (χ1v) is 11.4. The van der Waals surface area contributed by atoms with Crippen LogP contribution >= 0.6 is 21.6 Å². The Kier molecular flexibility index (Phi) is 45.0. The van der Waals surface area contributed by atoms with Gasteiger partial charge < -0.3 is 14.4 Å². The lowest BCUT2D eigenvalue weighted by atomic mass is 10.4. The molecular weight excluding hydrogens is 342 g/mol. The van der Waals surface area contributed by atoms with E-state index in [9.17, 15) is 9.59 Å². The Morgan fingerprint density at radius 3 is 1.92 bits per heavy atom. The van der Waals surface area contributed by atoms with Gasteiger partial charge in [0.25, 0.3) is 6.47 Å². The number of hydrogen-bond acceptors (Lipinski definition) is 6. The summed E-state index contributed by atoms with van der Waals surface area (Å²) in [5, 5.41) is 0. The highest BCUT2D eigenvalue weighted by Gasteiger charge is 1.98. The maximum Gasteiger partial charge on any atom is 0.293 e. The van der Waals surface area contributed by atoms with E-state index in [1.807, 2.05) is 35.4 Å². The van der Waals surface area contributed by atoms with Gasteiger partial charge in [-0.05, 0) is 33.7 Å². The number of carbonyl (C=O) groups excluding carboxylic acids is 2. The summed E-state index contributed by atoms with van der Waals surface area (Å²) in [6.07, 6.45) is 3.42. The van der Waals surface area contributed by atoms with E-state index in [1.54, 1.807) is 0 Å². The molecule has 0 fully saturated rings. The Morgan fingerprint density at radius 2 is 1.50 bits per heavy atom. The van der Waals surface area contributed by atoms with E-state index in [-0.39, 0.29) is 5.78 Å². The van der Waals surface area contributed by atoms with Gasteiger partial charge in [0.05, 0.1) is 6.61 Å². The van der Waals surface area contributed by atoms with E-state index in [0.29, 0.717) is 13.1 Å². The standard InChI is InChI=1S/C10H21NO2S2.C3H6O.C3H8.C2H6/c1-3-8-14-15-9-6-11(2)5-4-7-13-10-12;1-3(2)4;1-3-2;1-2/h10H,3-9H2,1-2H3;1-2H3;3H2,1-2H3;1-2H3. The fourth-order valence-corrected chi connectivity index (χ4v) is 3.19. The average molecular weight is 384 g/mol. The zero-order valence-electron chi connectivity index (χ0n) is 17.2. The predicted octanol–water partition coefficient (Wildman–Crippen LogP) is 5.31. The normalized spacial score (nSPS) is 8.71. The van der Waals surface area contributed by atoms with Crippen molar-refractivity contribution in [2.75, 3.05) is 38.2 Å². The first-order chi connectivity index (χ1) is 11.5. The van der Waals surface area contributed by atoms with Crippen LogP contribution in [0.15, 0.2) is 0 Å². The van der Waals surface area contributed by atoms with Gasteiger partial charge in [0.1, 0.15) is 5.78 Å². The summed E-state index contributed by atoms with van der Waals surface area (Å²) < 4.78 is 4.62. The zero-order chi connectivity index (χ0) is 19.6. The molecule has 148 valence electrons. The van der Waals surface area contributed by atoms with Crippen LogP contribution in [0.4, 0.5) is 0 Å². The third-order valence-corrected chi connectivity index (χ3v) is 4.39. The summed E-state index contributed by atoms with van der Waals surface area (Å²) in [7, 11) is 5.99. The van der Waals surface area contributed by atoms with Gasteiger partial charge in [-0.1, -0.05) is 62.6 Å². The molecule has 0 spiro atoms. The number of carbonyl (C=O) groups is 2. The van der Waals surface area contributed by atoms with Crippen molar-refractivity contribution >= 4 is 33.8 Å². The van der Waals surface area contributed by atoms with Gasteiger partial charge in [-0.25, -0.2) is 0 Å². The third kappa shape index (κ3) is 57.6. The molecule has 0 N–H and O–H groups in total. The number of nitrogens with zero attached hydrogens (tertiary/aromatic N) is 1. The Bertz CT molecular complexity index is 226. The first kappa shape index (κ1) is 31.6. The highest BCUT2D eigenvalue weighted by molar-refractivity contribution is 8.76. The topological polar surface area (TPSA) is 46.6 Å². The quantitative estimate of drug-likeness (QED) is 0.274. The lowest BCUT2D eigenvalue weighted by molar-refractivity contribution is -0.128. The van der Waals surface area contributed by atoms with Gasteiger partial charge in [-0.3, -0.25) is 4.79 Å². The second-order valence-corrected chi connectivity index (χ2v) is 7.59. The molecule has 0 bridgehead atoms. The van der Waals surface area contributed by atoms with E-state index >= 15 is 0 Å². The molecule has 0 saturated carbocycles. The van der Waals surface area contributed by atoms with Crippen LogP contribution < -0.4 is 0 Å². The highest BCUT2D eigenvalue weighted by atomic mass is 33.1. The van der Waals surface area contributed by atoms with Crippen LogP contribution in [0.5, 0.6) is 0 Å². The minimum absolute atomic E-state index is 0.167. The smallest absolute Gasteiger partial charge is 0.293 e. The Balaban J connectivity index is -0.000000185. The minimum Gasteiger partial charge on any atom is -0.468 e. The van der Waals surface area contributed by atoms with E-state index in [0.717, 1.165) is 25.3 Å².